The van der Waals surface area contributed by atoms with Crippen LogP contribution in [-0.2, 0) is 16.3 Å². The quantitative estimate of drug-likeness (QED) is 0.656. The van der Waals surface area contributed by atoms with Crippen LogP contribution in [0.2, 0.25) is 0 Å². The van der Waals surface area contributed by atoms with E-state index >= 15 is 0 Å². The van der Waals surface area contributed by atoms with Crippen LogP contribution in [0.15, 0.2) is 34.6 Å². The van der Waals surface area contributed by atoms with E-state index in [-0.39, 0.29) is 0 Å². The maximum atomic E-state index is 5.33. The minimum absolute atomic E-state index is 0.327. The lowest BCUT2D eigenvalue weighted by Crippen LogP contribution is -2.10. The number of benzene rings is 1. The predicted octanol–water partition coefficient (Wildman–Crippen LogP) is 2.42. The van der Waals surface area contributed by atoms with Crippen molar-refractivity contribution in [2.75, 3.05) is 7.11 Å². The van der Waals surface area contributed by atoms with Crippen LogP contribution >= 0.6 is 0 Å². The first-order chi connectivity index (χ1) is 10.6. The largest absolute Gasteiger partial charge is 0.399 e. The molecule has 1 N–H and O–H groups in total. The minimum atomic E-state index is 0.327. The molecule has 0 bridgehead atoms. The Morgan fingerprint density at radius 3 is 2.64 bits per heavy atom. The Morgan fingerprint density at radius 1 is 1.23 bits per heavy atom. The lowest BCUT2D eigenvalue weighted by Gasteiger charge is -2.08. The van der Waals surface area contributed by atoms with Gasteiger partial charge in [0, 0.05) is 11.1 Å². The van der Waals surface area contributed by atoms with Gasteiger partial charge in [0.2, 0.25) is 5.82 Å². The van der Waals surface area contributed by atoms with E-state index in [1.54, 1.807) is 0 Å². The van der Waals surface area contributed by atoms with E-state index in [1.165, 1.54) is 7.11 Å². The zero-order chi connectivity index (χ0) is 15.9. The third kappa shape index (κ3) is 3.91. The van der Waals surface area contributed by atoms with E-state index in [0.717, 1.165) is 16.8 Å². The van der Waals surface area contributed by atoms with E-state index in [9.17, 15) is 0 Å². The lowest BCUT2D eigenvalue weighted by atomic mass is 10.0. The van der Waals surface area contributed by atoms with Crippen LogP contribution in [0.1, 0.15) is 36.6 Å². The molecule has 1 aromatic carbocycles. The van der Waals surface area contributed by atoms with Crippen LogP contribution in [-0.4, -0.2) is 33.7 Å². The van der Waals surface area contributed by atoms with Crippen LogP contribution in [0.4, 0.5) is 0 Å². The number of nitrogens with one attached hydrogen (secondary N) is 1. The van der Waals surface area contributed by atoms with Gasteiger partial charge in [0.25, 0.3) is 0 Å². The second kappa shape index (κ2) is 7.35. The number of oxime groups is 2. The minimum Gasteiger partial charge on any atom is -0.399 e. The topological polar surface area (TPSA) is 84.8 Å². The fourth-order valence-electron chi connectivity index (χ4n) is 1.86. The van der Waals surface area contributed by atoms with Gasteiger partial charge < -0.3 is 9.68 Å². The van der Waals surface area contributed by atoms with E-state index in [4.69, 9.17) is 9.68 Å². The number of nitrogens with zero attached hydrogens (tertiary/aromatic N) is 4. The van der Waals surface area contributed by atoms with Crippen LogP contribution < -0.4 is 0 Å². The van der Waals surface area contributed by atoms with Gasteiger partial charge in [-0.05, 0) is 20.8 Å². The SMILES string of the molecule is CO/N=C(\c1n[nH]c(C)n1)c1ccccc1CON=C(C)C. The first-order valence-electron chi connectivity index (χ1n) is 6.83. The van der Waals surface area contributed by atoms with Crippen molar-refractivity contribution in [3.8, 4) is 0 Å². The van der Waals surface area contributed by atoms with Crippen molar-refractivity contribution >= 4 is 11.4 Å². The highest BCUT2D eigenvalue weighted by molar-refractivity contribution is 6.11. The zero-order valence-electron chi connectivity index (χ0n) is 13.1. The highest BCUT2D eigenvalue weighted by Crippen LogP contribution is 2.15. The summed E-state index contributed by atoms with van der Waals surface area (Å²) in [6, 6.07) is 7.71. The molecule has 116 valence electrons. The van der Waals surface area contributed by atoms with E-state index in [2.05, 4.69) is 25.5 Å². The first kappa shape index (κ1) is 15.7. The fourth-order valence-corrected chi connectivity index (χ4v) is 1.86. The van der Waals surface area contributed by atoms with Crippen molar-refractivity contribution in [3.63, 3.8) is 0 Å². The molecular formula is C15H19N5O2. The maximum Gasteiger partial charge on any atom is 0.203 e. The number of hydrogen-bond donors (Lipinski definition) is 1. The first-order valence-corrected chi connectivity index (χ1v) is 6.83. The third-order valence-electron chi connectivity index (χ3n) is 2.73. The molecule has 0 radical (unpaired) electrons. The van der Waals surface area contributed by atoms with Crippen LogP contribution in [0.5, 0.6) is 0 Å². The molecule has 2 aromatic rings. The highest BCUT2D eigenvalue weighted by Gasteiger charge is 2.16. The Balaban J connectivity index is 2.36. The van der Waals surface area contributed by atoms with Gasteiger partial charge in [-0.1, -0.05) is 34.6 Å². The van der Waals surface area contributed by atoms with Gasteiger partial charge in [-0.2, -0.15) is 5.10 Å². The van der Waals surface area contributed by atoms with Gasteiger partial charge in [0.1, 0.15) is 19.5 Å². The van der Waals surface area contributed by atoms with Crippen molar-refractivity contribution in [2.45, 2.75) is 27.4 Å². The molecule has 22 heavy (non-hydrogen) atoms. The summed E-state index contributed by atoms with van der Waals surface area (Å²) < 4.78 is 0. The molecule has 0 spiro atoms. The Morgan fingerprint density at radius 2 is 2.00 bits per heavy atom. The number of aromatic nitrogens is 3. The monoisotopic (exact) mass is 301 g/mol. The molecule has 0 unspecified atom stereocenters. The van der Waals surface area contributed by atoms with Crippen molar-refractivity contribution in [3.05, 3.63) is 47.0 Å². The molecular weight excluding hydrogens is 282 g/mol. The highest BCUT2D eigenvalue weighted by atomic mass is 16.6. The van der Waals surface area contributed by atoms with Crippen molar-refractivity contribution in [1.82, 2.24) is 15.2 Å². The molecule has 0 aliphatic heterocycles. The van der Waals surface area contributed by atoms with Gasteiger partial charge in [-0.15, -0.1) is 0 Å². The third-order valence-corrected chi connectivity index (χ3v) is 2.73. The molecule has 2 rings (SSSR count). The van der Waals surface area contributed by atoms with Crippen LogP contribution in [0.3, 0.4) is 0 Å². The molecule has 0 aliphatic rings. The Bertz CT molecular complexity index is 687. The Kier molecular flexibility index (Phi) is 5.24. The van der Waals surface area contributed by atoms with E-state index in [1.807, 2.05) is 45.0 Å². The number of aryl methyl sites for hydroxylation is 1. The molecule has 1 aromatic heterocycles. The number of rotatable bonds is 6. The average molecular weight is 301 g/mol. The number of hydrogen-bond acceptors (Lipinski definition) is 6. The summed E-state index contributed by atoms with van der Waals surface area (Å²) in [4.78, 5) is 14.6. The van der Waals surface area contributed by atoms with Gasteiger partial charge in [-0.3, -0.25) is 5.10 Å². The van der Waals surface area contributed by atoms with Crippen molar-refractivity contribution in [2.24, 2.45) is 10.3 Å². The normalized spacial score (nSPS) is 11.2. The van der Waals surface area contributed by atoms with E-state index < -0.39 is 0 Å². The molecule has 0 aliphatic carbocycles. The fraction of sp³-hybridized carbons (Fsp3) is 0.333. The second-order valence-corrected chi connectivity index (χ2v) is 4.84. The Labute approximate surface area is 129 Å². The van der Waals surface area contributed by atoms with Crippen molar-refractivity contribution < 1.29 is 9.68 Å². The molecule has 0 fully saturated rings. The predicted molar refractivity (Wildman–Crippen MR) is 83.8 cm³/mol. The molecule has 7 heteroatoms. The van der Waals surface area contributed by atoms with Gasteiger partial charge in [-0.25, -0.2) is 4.98 Å². The van der Waals surface area contributed by atoms with Gasteiger partial charge >= 0.3 is 0 Å². The molecule has 0 amide bonds. The van der Waals surface area contributed by atoms with Crippen LogP contribution in [0.25, 0.3) is 0 Å². The van der Waals surface area contributed by atoms with E-state index in [0.29, 0.717) is 24.0 Å². The molecule has 0 saturated heterocycles. The van der Waals surface area contributed by atoms with Crippen LogP contribution in [0, 0.1) is 6.92 Å². The summed E-state index contributed by atoms with van der Waals surface area (Å²) in [5.74, 6) is 1.18. The number of aromatic amines is 1. The summed E-state index contributed by atoms with van der Waals surface area (Å²) in [5.41, 5.74) is 3.16. The van der Waals surface area contributed by atoms with Gasteiger partial charge in [0.15, 0.2) is 5.71 Å². The maximum absolute atomic E-state index is 5.33. The summed E-state index contributed by atoms with van der Waals surface area (Å²) in [6.07, 6.45) is 0. The van der Waals surface area contributed by atoms with Gasteiger partial charge in [0.05, 0.1) is 5.71 Å². The number of H-pyrrole nitrogens is 1. The standard InChI is InChI=1S/C15H19N5O2/c1-10(2)19-22-9-12-7-5-6-8-13(12)14(20-21-4)15-16-11(3)17-18-15/h5-8H,9H2,1-4H3,(H,16,17,18)/b20-14-. The lowest BCUT2D eigenvalue weighted by molar-refractivity contribution is 0.130. The summed E-state index contributed by atoms with van der Waals surface area (Å²) in [7, 11) is 1.49. The Hall–Kier alpha value is -2.70. The molecule has 7 nitrogen and oxygen atoms in total. The molecule has 0 saturated carbocycles. The summed E-state index contributed by atoms with van der Waals surface area (Å²) in [6.45, 7) is 5.91. The summed E-state index contributed by atoms with van der Waals surface area (Å²) in [5, 5.41) is 15.0. The molecule has 0 atom stereocenters. The summed E-state index contributed by atoms with van der Waals surface area (Å²) >= 11 is 0. The smallest absolute Gasteiger partial charge is 0.203 e. The zero-order valence-corrected chi connectivity index (χ0v) is 13.1. The second-order valence-electron chi connectivity index (χ2n) is 4.84. The van der Waals surface area contributed by atoms with Crippen molar-refractivity contribution in [1.29, 1.82) is 0 Å². The average Bonchev–Trinajstić information content (AvgIpc) is 2.91. The molecule has 1 heterocycles.